The van der Waals surface area contributed by atoms with Gasteiger partial charge in [0.2, 0.25) is 0 Å². The highest BCUT2D eigenvalue weighted by atomic mass is 35.5. The van der Waals surface area contributed by atoms with Crippen LogP contribution >= 0.6 is 22.9 Å². The van der Waals surface area contributed by atoms with Crippen molar-refractivity contribution < 1.29 is 0 Å². The van der Waals surface area contributed by atoms with E-state index in [0.29, 0.717) is 6.54 Å². The van der Waals surface area contributed by atoms with Crippen molar-refractivity contribution >= 4 is 28.6 Å². The molecule has 0 spiro atoms. The standard InChI is InChI=1S/C15H14ClN3S/c1-10-4-5-12(7-13(10)16)17-8-11-9-18-19-15(11)14-3-2-6-20-14/h2-7,9,17H,8H2,1H3,(H,18,19). The van der Waals surface area contributed by atoms with Gasteiger partial charge in [0.05, 0.1) is 16.8 Å². The summed E-state index contributed by atoms with van der Waals surface area (Å²) in [5.74, 6) is 0. The normalized spacial score (nSPS) is 10.7. The van der Waals surface area contributed by atoms with Gasteiger partial charge in [-0.25, -0.2) is 0 Å². The Balaban J connectivity index is 1.76. The van der Waals surface area contributed by atoms with E-state index >= 15 is 0 Å². The van der Waals surface area contributed by atoms with Gasteiger partial charge in [0, 0.05) is 22.8 Å². The van der Waals surface area contributed by atoms with E-state index in [-0.39, 0.29) is 0 Å². The minimum Gasteiger partial charge on any atom is -0.381 e. The molecule has 102 valence electrons. The highest BCUT2D eigenvalue weighted by Crippen LogP contribution is 2.27. The average molecular weight is 304 g/mol. The van der Waals surface area contributed by atoms with Crippen LogP contribution in [0.1, 0.15) is 11.1 Å². The number of hydrogen-bond donors (Lipinski definition) is 2. The van der Waals surface area contributed by atoms with Crippen LogP contribution in [0.25, 0.3) is 10.6 Å². The smallest absolute Gasteiger partial charge is 0.0799 e. The molecule has 0 radical (unpaired) electrons. The molecule has 3 rings (SSSR count). The summed E-state index contributed by atoms with van der Waals surface area (Å²) in [6, 6.07) is 10.1. The number of hydrogen-bond acceptors (Lipinski definition) is 3. The maximum Gasteiger partial charge on any atom is 0.0799 e. The third-order valence-corrected chi connectivity index (χ3v) is 4.43. The van der Waals surface area contributed by atoms with E-state index in [2.05, 4.69) is 27.0 Å². The van der Waals surface area contributed by atoms with Gasteiger partial charge in [-0.15, -0.1) is 11.3 Å². The SMILES string of the molecule is Cc1ccc(NCc2cn[nH]c2-c2cccs2)cc1Cl. The summed E-state index contributed by atoms with van der Waals surface area (Å²) < 4.78 is 0. The third-order valence-electron chi connectivity index (χ3n) is 3.14. The Labute approximate surface area is 126 Å². The van der Waals surface area contributed by atoms with Crippen molar-refractivity contribution in [3.05, 3.63) is 58.1 Å². The summed E-state index contributed by atoms with van der Waals surface area (Å²) in [6.45, 7) is 2.71. The Bertz CT molecular complexity index is 704. The van der Waals surface area contributed by atoms with Crippen LogP contribution in [0.15, 0.2) is 41.9 Å². The van der Waals surface area contributed by atoms with Crippen LogP contribution in [0, 0.1) is 6.92 Å². The van der Waals surface area contributed by atoms with E-state index in [0.717, 1.165) is 27.5 Å². The first-order chi connectivity index (χ1) is 9.74. The van der Waals surface area contributed by atoms with Gasteiger partial charge in [0.25, 0.3) is 0 Å². The summed E-state index contributed by atoms with van der Waals surface area (Å²) >= 11 is 7.83. The highest BCUT2D eigenvalue weighted by Gasteiger charge is 2.08. The number of aromatic nitrogens is 2. The molecule has 0 fully saturated rings. The van der Waals surface area contributed by atoms with Crippen LogP contribution in [0.5, 0.6) is 0 Å². The fourth-order valence-electron chi connectivity index (χ4n) is 1.98. The van der Waals surface area contributed by atoms with E-state index < -0.39 is 0 Å². The van der Waals surface area contributed by atoms with Gasteiger partial charge in [0.15, 0.2) is 0 Å². The van der Waals surface area contributed by atoms with Crippen LogP contribution in [-0.2, 0) is 6.54 Å². The average Bonchev–Trinajstić information content (AvgIpc) is 3.09. The molecule has 0 amide bonds. The number of aryl methyl sites for hydroxylation is 1. The molecule has 0 aliphatic rings. The van der Waals surface area contributed by atoms with Crippen LogP contribution in [-0.4, -0.2) is 10.2 Å². The van der Waals surface area contributed by atoms with Gasteiger partial charge in [-0.2, -0.15) is 5.10 Å². The quantitative estimate of drug-likeness (QED) is 0.732. The van der Waals surface area contributed by atoms with E-state index in [1.165, 1.54) is 4.88 Å². The lowest BCUT2D eigenvalue weighted by Crippen LogP contribution is -1.99. The zero-order valence-corrected chi connectivity index (χ0v) is 12.6. The second-order valence-electron chi connectivity index (χ2n) is 4.57. The molecule has 0 atom stereocenters. The summed E-state index contributed by atoms with van der Waals surface area (Å²) in [5.41, 5.74) is 4.31. The molecule has 3 aromatic rings. The highest BCUT2D eigenvalue weighted by molar-refractivity contribution is 7.13. The van der Waals surface area contributed by atoms with Crippen LogP contribution in [0.2, 0.25) is 5.02 Å². The number of nitrogens with one attached hydrogen (secondary N) is 2. The Morgan fingerprint density at radius 3 is 3.00 bits per heavy atom. The van der Waals surface area contributed by atoms with Crippen molar-refractivity contribution in [1.29, 1.82) is 0 Å². The summed E-state index contributed by atoms with van der Waals surface area (Å²) in [7, 11) is 0. The van der Waals surface area contributed by atoms with Crippen LogP contribution < -0.4 is 5.32 Å². The number of anilines is 1. The Kier molecular flexibility index (Phi) is 3.76. The zero-order chi connectivity index (χ0) is 13.9. The van der Waals surface area contributed by atoms with Crippen molar-refractivity contribution in [2.75, 3.05) is 5.32 Å². The first kappa shape index (κ1) is 13.2. The number of H-pyrrole nitrogens is 1. The third kappa shape index (κ3) is 2.71. The molecule has 0 saturated heterocycles. The van der Waals surface area contributed by atoms with Gasteiger partial charge in [0.1, 0.15) is 0 Å². The maximum absolute atomic E-state index is 6.13. The van der Waals surface area contributed by atoms with Crippen molar-refractivity contribution in [3.8, 4) is 10.6 Å². The molecule has 0 bridgehead atoms. The largest absolute Gasteiger partial charge is 0.381 e. The van der Waals surface area contributed by atoms with E-state index in [1.54, 1.807) is 11.3 Å². The predicted molar refractivity (Wildman–Crippen MR) is 85.4 cm³/mol. The minimum atomic E-state index is 0.711. The molecule has 2 N–H and O–H groups in total. The topological polar surface area (TPSA) is 40.7 Å². The molecule has 0 unspecified atom stereocenters. The predicted octanol–water partition coefficient (Wildman–Crippen LogP) is 4.71. The molecule has 20 heavy (non-hydrogen) atoms. The van der Waals surface area contributed by atoms with E-state index in [4.69, 9.17) is 11.6 Å². The number of aromatic amines is 1. The molecule has 0 saturated carbocycles. The number of rotatable bonds is 4. The lowest BCUT2D eigenvalue weighted by molar-refractivity contribution is 1.10. The number of benzene rings is 1. The minimum absolute atomic E-state index is 0.711. The van der Waals surface area contributed by atoms with Crippen molar-refractivity contribution in [1.82, 2.24) is 10.2 Å². The summed E-state index contributed by atoms with van der Waals surface area (Å²) in [6.07, 6.45) is 1.86. The molecule has 3 nitrogen and oxygen atoms in total. The second kappa shape index (κ2) is 5.69. The summed E-state index contributed by atoms with van der Waals surface area (Å²) in [4.78, 5) is 1.20. The second-order valence-corrected chi connectivity index (χ2v) is 5.92. The number of thiophene rings is 1. The van der Waals surface area contributed by atoms with E-state index in [1.807, 2.05) is 37.4 Å². The van der Waals surface area contributed by atoms with Crippen molar-refractivity contribution in [2.45, 2.75) is 13.5 Å². The first-order valence-corrected chi connectivity index (χ1v) is 7.56. The molecule has 0 aliphatic heterocycles. The molecule has 2 aromatic heterocycles. The molecular formula is C15H14ClN3S. The summed E-state index contributed by atoms with van der Waals surface area (Å²) in [5, 5.41) is 13.4. The van der Waals surface area contributed by atoms with Crippen molar-refractivity contribution in [2.24, 2.45) is 0 Å². The molecule has 5 heteroatoms. The van der Waals surface area contributed by atoms with E-state index in [9.17, 15) is 0 Å². The van der Waals surface area contributed by atoms with Gasteiger partial charge in [-0.3, -0.25) is 5.10 Å². The Hall–Kier alpha value is -1.78. The fraction of sp³-hybridized carbons (Fsp3) is 0.133. The van der Waals surface area contributed by atoms with Crippen LogP contribution in [0.4, 0.5) is 5.69 Å². The zero-order valence-electron chi connectivity index (χ0n) is 11.0. The maximum atomic E-state index is 6.13. The molecule has 1 aromatic carbocycles. The molecule has 2 heterocycles. The monoisotopic (exact) mass is 303 g/mol. The van der Waals surface area contributed by atoms with Gasteiger partial charge < -0.3 is 5.32 Å². The fourth-order valence-corrected chi connectivity index (χ4v) is 2.92. The lowest BCUT2D eigenvalue weighted by Gasteiger charge is -2.08. The number of nitrogens with zero attached hydrogens (tertiary/aromatic N) is 1. The van der Waals surface area contributed by atoms with Gasteiger partial charge >= 0.3 is 0 Å². The Morgan fingerprint density at radius 2 is 2.25 bits per heavy atom. The molecule has 0 aliphatic carbocycles. The van der Waals surface area contributed by atoms with Crippen molar-refractivity contribution in [3.63, 3.8) is 0 Å². The Morgan fingerprint density at radius 1 is 1.35 bits per heavy atom. The lowest BCUT2D eigenvalue weighted by atomic mass is 10.2. The van der Waals surface area contributed by atoms with Gasteiger partial charge in [-0.05, 0) is 36.1 Å². The van der Waals surface area contributed by atoms with Crippen LogP contribution in [0.3, 0.4) is 0 Å². The van der Waals surface area contributed by atoms with Gasteiger partial charge in [-0.1, -0.05) is 23.7 Å². The number of halogens is 1. The molecular weight excluding hydrogens is 290 g/mol. The first-order valence-electron chi connectivity index (χ1n) is 6.30.